The highest BCUT2D eigenvalue weighted by Gasteiger charge is 2.16. The number of nitrogens with one attached hydrogen (secondary N) is 1. The fourth-order valence-corrected chi connectivity index (χ4v) is 2.44. The number of hydrogen-bond acceptors (Lipinski definition) is 4. The molecule has 0 radical (unpaired) electrons. The van der Waals surface area contributed by atoms with Gasteiger partial charge in [-0.1, -0.05) is 13.8 Å². The van der Waals surface area contributed by atoms with Crippen molar-refractivity contribution in [2.45, 2.75) is 39.2 Å². The van der Waals surface area contributed by atoms with Crippen LogP contribution in [0.4, 0.5) is 11.5 Å². The molecule has 1 saturated heterocycles. The summed E-state index contributed by atoms with van der Waals surface area (Å²) in [6.45, 7) is 6.25. The molecule has 0 bridgehead atoms. The lowest BCUT2D eigenvalue weighted by molar-refractivity contribution is -0.117. The molecule has 1 aromatic rings. The Bertz CT molecular complexity index is 447. The number of carbonyl (C=O) groups is 1. The van der Waals surface area contributed by atoms with Crippen LogP contribution in [-0.2, 0) is 4.79 Å². The lowest BCUT2D eigenvalue weighted by Gasteiger charge is -2.17. The second-order valence-electron chi connectivity index (χ2n) is 5.82. The first-order chi connectivity index (χ1) is 9.56. The summed E-state index contributed by atoms with van der Waals surface area (Å²) in [4.78, 5) is 18.6. The van der Waals surface area contributed by atoms with Crippen LogP contribution in [0.2, 0.25) is 0 Å². The van der Waals surface area contributed by atoms with Crippen LogP contribution in [0.25, 0.3) is 0 Å². The van der Waals surface area contributed by atoms with E-state index in [0.29, 0.717) is 18.0 Å². The molecule has 2 heterocycles. The molecule has 1 fully saturated rings. The molecule has 5 nitrogen and oxygen atoms in total. The van der Waals surface area contributed by atoms with E-state index in [9.17, 15) is 4.79 Å². The molecule has 1 amide bonds. The Morgan fingerprint density at radius 2 is 1.95 bits per heavy atom. The zero-order valence-corrected chi connectivity index (χ0v) is 14.8. The Hall–Kier alpha value is -1.04. The van der Waals surface area contributed by atoms with Crippen LogP contribution in [0.5, 0.6) is 0 Å². The van der Waals surface area contributed by atoms with Crippen molar-refractivity contribution in [1.29, 1.82) is 0 Å². The third-order valence-corrected chi connectivity index (χ3v) is 3.51. The van der Waals surface area contributed by atoms with Gasteiger partial charge in [-0.2, -0.15) is 0 Å². The lowest BCUT2D eigenvalue weighted by Crippen LogP contribution is -2.36. The standard InChI is InChI=1S/C15H24N4O.2ClH/c1-11(2)9-13(16)15(20)18-12-5-6-14(17-10-12)19-7-3-4-8-19;;/h5-6,10-11,13H,3-4,7-9,16H2,1-2H3,(H,18,20);2*1H/t13-;;/m0../s1. The van der Waals surface area contributed by atoms with E-state index in [4.69, 9.17) is 5.73 Å². The van der Waals surface area contributed by atoms with Crippen molar-refractivity contribution in [2.24, 2.45) is 11.7 Å². The van der Waals surface area contributed by atoms with Crippen LogP contribution in [0.3, 0.4) is 0 Å². The number of nitrogens with zero attached hydrogens (tertiary/aromatic N) is 2. The van der Waals surface area contributed by atoms with Gasteiger partial charge in [0, 0.05) is 13.1 Å². The highest BCUT2D eigenvalue weighted by molar-refractivity contribution is 5.94. The van der Waals surface area contributed by atoms with Gasteiger partial charge in [0.15, 0.2) is 0 Å². The number of aromatic nitrogens is 1. The summed E-state index contributed by atoms with van der Waals surface area (Å²) in [7, 11) is 0. The molecule has 1 atom stereocenters. The predicted molar refractivity (Wildman–Crippen MR) is 96.2 cm³/mol. The van der Waals surface area contributed by atoms with Crippen LogP contribution >= 0.6 is 24.8 Å². The van der Waals surface area contributed by atoms with E-state index < -0.39 is 6.04 Å². The quantitative estimate of drug-likeness (QED) is 0.858. The molecule has 22 heavy (non-hydrogen) atoms. The van der Waals surface area contributed by atoms with Gasteiger partial charge in [-0.15, -0.1) is 24.8 Å². The van der Waals surface area contributed by atoms with Crippen LogP contribution in [0.15, 0.2) is 18.3 Å². The van der Waals surface area contributed by atoms with Crippen LogP contribution in [0.1, 0.15) is 33.1 Å². The molecule has 0 saturated carbocycles. The zero-order valence-electron chi connectivity index (χ0n) is 13.1. The topological polar surface area (TPSA) is 71.2 Å². The van der Waals surface area contributed by atoms with Crippen molar-refractivity contribution in [1.82, 2.24) is 4.98 Å². The summed E-state index contributed by atoms with van der Waals surface area (Å²) in [6, 6.07) is 3.38. The van der Waals surface area contributed by atoms with E-state index in [1.165, 1.54) is 12.8 Å². The van der Waals surface area contributed by atoms with Crippen molar-refractivity contribution in [2.75, 3.05) is 23.3 Å². The minimum absolute atomic E-state index is 0. The van der Waals surface area contributed by atoms with E-state index >= 15 is 0 Å². The normalized spacial score (nSPS) is 15.0. The fraction of sp³-hybridized carbons (Fsp3) is 0.600. The van der Waals surface area contributed by atoms with Crippen molar-refractivity contribution in [3.8, 4) is 0 Å². The molecular formula is C15H26Cl2N4O. The molecule has 126 valence electrons. The molecule has 0 aromatic carbocycles. The summed E-state index contributed by atoms with van der Waals surface area (Å²) in [5.41, 5.74) is 6.56. The second kappa shape index (κ2) is 9.87. The first kappa shape index (κ1) is 21.0. The van der Waals surface area contributed by atoms with Gasteiger partial charge in [0.05, 0.1) is 17.9 Å². The van der Waals surface area contributed by atoms with E-state index in [-0.39, 0.29) is 30.7 Å². The van der Waals surface area contributed by atoms with Gasteiger partial charge in [-0.25, -0.2) is 4.98 Å². The molecule has 0 aliphatic carbocycles. The average Bonchev–Trinajstić information content (AvgIpc) is 2.92. The summed E-state index contributed by atoms with van der Waals surface area (Å²) in [5.74, 6) is 1.24. The van der Waals surface area contributed by atoms with Gasteiger partial charge in [0.1, 0.15) is 5.82 Å². The Morgan fingerprint density at radius 3 is 2.45 bits per heavy atom. The van der Waals surface area contributed by atoms with Gasteiger partial charge >= 0.3 is 0 Å². The average molecular weight is 349 g/mol. The molecular weight excluding hydrogens is 323 g/mol. The molecule has 0 unspecified atom stereocenters. The monoisotopic (exact) mass is 348 g/mol. The maximum atomic E-state index is 11.9. The van der Waals surface area contributed by atoms with E-state index in [1.54, 1.807) is 6.20 Å². The summed E-state index contributed by atoms with van der Waals surface area (Å²) < 4.78 is 0. The Labute approximate surface area is 144 Å². The molecule has 1 aliphatic rings. The Morgan fingerprint density at radius 1 is 1.32 bits per heavy atom. The molecule has 1 aromatic heterocycles. The third kappa shape index (κ3) is 5.99. The van der Waals surface area contributed by atoms with E-state index in [1.807, 2.05) is 12.1 Å². The van der Waals surface area contributed by atoms with E-state index in [2.05, 4.69) is 29.0 Å². The van der Waals surface area contributed by atoms with Crippen molar-refractivity contribution in [3.63, 3.8) is 0 Å². The van der Waals surface area contributed by atoms with Gasteiger partial charge in [-0.05, 0) is 37.3 Å². The maximum Gasteiger partial charge on any atom is 0.241 e. The number of rotatable bonds is 5. The maximum absolute atomic E-state index is 11.9. The van der Waals surface area contributed by atoms with Gasteiger partial charge in [-0.3, -0.25) is 4.79 Å². The smallest absolute Gasteiger partial charge is 0.241 e. The predicted octanol–water partition coefficient (Wildman–Crippen LogP) is 2.84. The fourth-order valence-electron chi connectivity index (χ4n) is 2.44. The van der Waals surface area contributed by atoms with Crippen LogP contribution in [-0.4, -0.2) is 30.0 Å². The highest BCUT2D eigenvalue weighted by atomic mass is 35.5. The number of nitrogens with two attached hydrogens (primary N) is 1. The van der Waals surface area contributed by atoms with E-state index in [0.717, 1.165) is 18.9 Å². The molecule has 2 rings (SSSR count). The van der Waals surface area contributed by atoms with Gasteiger partial charge in [0.25, 0.3) is 0 Å². The van der Waals surface area contributed by atoms with Gasteiger partial charge in [0.2, 0.25) is 5.91 Å². The van der Waals surface area contributed by atoms with Crippen molar-refractivity contribution in [3.05, 3.63) is 18.3 Å². The summed E-state index contributed by atoms with van der Waals surface area (Å²) in [5, 5.41) is 2.82. The second-order valence-corrected chi connectivity index (χ2v) is 5.82. The minimum atomic E-state index is -0.465. The number of anilines is 2. The number of halogens is 2. The number of pyridine rings is 1. The SMILES string of the molecule is CC(C)C[C@H](N)C(=O)Nc1ccc(N2CCCC2)nc1.Cl.Cl. The Balaban J connectivity index is 0.00000220. The summed E-state index contributed by atoms with van der Waals surface area (Å²) in [6.07, 6.45) is 4.84. The first-order valence-electron chi connectivity index (χ1n) is 7.33. The van der Waals surface area contributed by atoms with Crippen molar-refractivity contribution >= 4 is 42.2 Å². The number of amides is 1. The highest BCUT2D eigenvalue weighted by Crippen LogP contribution is 2.19. The minimum Gasteiger partial charge on any atom is -0.357 e. The van der Waals surface area contributed by atoms with Crippen molar-refractivity contribution < 1.29 is 4.79 Å². The largest absolute Gasteiger partial charge is 0.357 e. The van der Waals surface area contributed by atoms with Gasteiger partial charge < -0.3 is 16.0 Å². The molecule has 1 aliphatic heterocycles. The summed E-state index contributed by atoms with van der Waals surface area (Å²) >= 11 is 0. The zero-order chi connectivity index (χ0) is 14.5. The molecule has 0 spiro atoms. The Kier molecular flexibility index (Phi) is 9.41. The molecule has 3 N–H and O–H groups in total. The lowest BCUT2D eigenvalue weighted by atomic mass is 10.0. The third-order valence-electron chi connectivity index (χ3n) is 3.51. The molecule has 7 heteroatoms. The number of carbonyl (C=O) groups excluding carboxylic acids is 1. The first-order valence-corrected chi connectivity index (χ1v) is 7.33. The number of hydrogen-bond donors (Lipinski definition) is 2. The van der Waals surface area contributed by atoms with Crippen LogP contribution < -0.4 is 16.0 Å². The van der Waals surface area contributed by atoms with Crippen LogP contribution in [0, 0.1) is 5.92 Å².